The lowest BCUT2D eigenvalue weighted by Gasteiger charge is -2.23. The normalized spacial score (nSPS) is 10.7. The number of nitrogens with zero attached hydrogens (tertiary/aromatic N) is 1. The largest absolute Gasteiger partial charge is 0.325 e. The van der Waals surface area contributed by atoms with Gasteiger partial charge in [0.05, 0.1) is 17.3 Å². The summed E-state index contributed by atoms with van der Waals surface area (Å²) in [4.78, 5) is 24.7. The maximum atomic E-state index is 13.6. The molecule has 0 atom stereocenters. The number of hydrogen-bond acceptors (Lipinski definition) is 3. The van der Waals surface area contributed by atoms with E-state index in [0.717, 1.165) is 12.1 Å². The Hall–Kier alpha value is -3.27. The molecule has 0 aliphatic rings. The molecule has 0 aliphatic carbocycles. The molecule has 0 aromatic heterocycles. The summed E-state index contributed by atoms with van der Waals surface area (Å²) in [7, 11) is 0. The van der Waals surface area contributed by atoms with Crippen LogP contribution < -0.4 is 10.6 Å². The van der Waals surface area contributed by atoms with Gasteiger partial charge in [0.15, 0.2) is 0 Å². The van der Waals surface area contributed by atoms with Crippen molar-refractivity contribution < 1.29 is 18.4 Å². The van der Waals surface area contributed by atoms with E-state index in [1.807, 2.05) is 6.07 Å². The first kappa shape index (κ1) is 18.1. The first-order chi connectivity index (χ1) is 11.7. The van der Waals surface area contributed by atoms with Crippen LogP contribution in [0.15, 0.2) is 42.5 Å². The van der Waals surface area contributed by atoms with E-state index in [9.17, 15) is 18.4 Å². The van der Waals surface area contributed by atoms with Gasteiger partial charge >= 0.3 is 0 Å². The second-order valence-electron chi connectivity index (χ2n) is 5.85. The second-order valence-corrected chi connectivity index (χ2v) is 5.85. The molecule has 25 heavy (non-hydrogen) atoms. The Labute approximate surface area is 143 Å². The van der Waals surface area contributed by atoms with E-state index in [0.29, 0.717) is 17.3 Å². The molecule has 0 heterocycles. The highest BCUT2D eigenvalue weighted by atomic mass is 19.1. The van der Waals surface area contributed by atoms with Crippen LogP contribution >= 0.6 is 0 Å². The minimum atomic E-state index is -1.52. The standard InChI is InChI=1S/C18H15F2N3O2/c1-18(2,16(24)22-13-6-3-11(10-21)4-7-13)17(25)23-15-8-5-12(19)9-14(15)20/h3-9H,1-2H3,(H,22,24)(H,23,25). The highest BCUT2D eigenvalue weighted by Crippen LogP contribution is 2.23. The van der Waals surface area contributed by atoms with Crippen molar-refractivity contribution in [2.24, 2.45) is 5.41 Å². The Morgan fingerprint density at radius 1 is 1.00 bits per heavy atom. The molecule has 128 valence electrons. The van der Waals surface area contributed by atoms with E-state index in [2.05, 4.69) is 10.6 Å². The first-order valence-electron chi connectivity index (χ1n) is 7.32. The molecule has 0 saturated carbocycles. The van der Waals surface area contributed by atoms with Crippen molar-refractivity contribution in [2.45, 2.75) is 13.8 Å². The fourth-order valence-corrected chi connectivity index (χ4v) is 1.89. The molecule has 2 N–H and O–H groups in total. The quantitative estimate of drug-likeness (QED) is 0.834. The fourth-order valence-electron chi connectivity index (χ4n) is 1.89. The topological polar surface area (TPSA) is 82.0 Å². The summed E-state index contributed by atoms with van der Waals surface area (Å²) < 4.78 is 26.5. The molecule has 0 radical (unpaired) electrons. The average Bonchev–Trinajstić information content (AvgIpc) is 2.57. The summed E-state index contributed by atoms with van der Waals surface area (Å²) in [5.41, 5.74) is -0.889. The molecular formula is C18H15F2N3O2. The first-order valence-corrected chi connectivity index (χ1v) is 7.32. The number of amides is 2. The number of hydrogen-bond donors (Lipinski definition) is 2. The third kappa shape index (κ3) is 4.18. The van der Waals surface area contributed by atoms with Crippen LogP contribution in [-0.2, 0) is 9.59 Å². The highest BCUT2D eigenvalue weighted by molar-refractivity contribution is 6.14. The van der Waals surface area contributed by atoms with Gasteiger partial charge in [0.2, 0.25) is 11.8 Å². The fraction of sp³-hybridized carbons (Fsp3) is 0.167. The number of carbonyl (C=O) groups is 2. The summed E-state index contributed by atoms with van der Waals surface area (Å²) in [5, 5.41) is 13.6. The van der Waals surface area contributed by atoms with Crippen molar-refractivity contribution in [3.05, 3.63) is 59.7 Å². The lowest BCUT2D eigenvalue weighted by Crippen LogP contribution is -2.41. The predicted molar refractivity (Wildman–Crippen MR) is 88.6 cm³/mol. The Morgan fingerprint density at radius 3 is 2.16 bits per heavy atom. The van der Waals surface area contributed by atoms with Crippen LogP contribution in [0.1, 0.15) is 19.4 Å². The molecule has 5 nitrogen and oxygen atoms in total. The van der Waals surface area contributed by atoms with Gasteiger partial charge in [0, 0.05) is 11.8 Å². The van der Waals surface area contributed by atoms with Crippen LogP contribution in [0.3, 0.4) is 0 Å². The van der Waals surface area contributed by atoms with Crippen molar-refractivity contribution in [3.63, 3.8) is 0 Å². The van der Waals surface area contributed by atoms with Gasteiger partial charge in [-0.2, -0.15) is 5.26 Å². The molecule has 2 rings (SSSR count). The molecule has 0 spiro atoms. The van der Waals surface area contributed by atoms with Gasteiger partial charge in [-0.15, -0.1) is 0 Å². The van der Waals surface area contributed by atoms with Gasteiger partial charge in [0.1, 0.15) is 17.0 Å². The lowest BCUT2D eigenvalue weighted by molar-refractivity contribution is -0.135. The van der Waals surface area contributed by atoms with E-state index < -0.39 is 28.9 Å². The van der Waals surface area contributed by atoms with Gasteiger partial charge in [-0.3, -0.25) is 9.59 Å². The lowest BCUT2D eigenvalue weighted by atomic mass is 9.90. The number of rotatable bonds is 4. The van der Waals surface area contributed by atoms with Gasteiger partial charge in [0.25, 0.3) is 0 Å². The molecule has 0 unspecified atom stereocenters. The summed E-state index contributed by atoms with van der Waals surface area (Å²) in [6.07, 6.45) is 0. The average molecular weight is 343 g/mol. The van der Waals surface area contributed by atoms with Gasteiger partial charge in [-0.1, -0.05) is 0 Å². The summed E-state index contributed by atoms with van der Waals surface area (Å²) in [6.45, 7) is 2.76. The predicted octanol–water partition coefficient (Wildman–Crippen LogP) is 3.44. The zero-order chi connectivity index (χ0) is 18.6. The van der Waals surface area contributed by atoms with Crippen molar-refractivity contribution in [1.29, 1.82) is 5.26 Å². The van der Waals surface area contributed by atoms with Gasteiger partial charge in [-0.25, -0.2) is 8.78 Å². The minimum Gasteiger partial charge on any atom is -0.325 e. The number of carbonyl (C=O) groups excluding carboxylic acids is 2. The van der Waals surface area contributed by atoms with Crippen LogP contribution in [0, 0.1) is 28.4 Å². The molecule has 2 aromatic carbocycles. The second kappa shape index (κ2) is 7.09. The SMILES string of the molecule is CC(C)(C(=O)Nc1ccc(C#N)cc1)C(=O)Nc1ccc(F)cc1F. The molecule has 7 heteroatoms. The molecule has 0 aliphatic heterocycles. The number of halogens is 2. The van der Waals surface area contributed by atoms with Crippen LogP contribution in [-0.4, -0.2) is 11.8 Å². The monoisotopic (exact) mass is 343 g/mol. The Kier molecular flexibility index (Phi) is 5.13. The Bertz CT molecular complexity index is 856. The van der Waals surface area contributed by atoms with E-state index in [1.165, 1.54) is 38.1 Å². The van der Waals surface area contributed by atoms with Crippen LogP contribution in [0.2, 0.25) is 0 Å². The highest BCUT2D eigenvalue weighted by Gasteiger charge is 2.36. The molecule has 0 bridgehead atoms. The summed E-state index contributed by atoms with van der Waals surface area (Å²) in [6, 6.07) is 10.8. The van der Waals surface area contributed by atoms with Gasteiger partial charge < -0.3 is 10.6 Å². The molecular weight excluding hydrogens is 328 g/mol. The van der Waals surface area contributed by atoms with Crippen molar-refractivity contribution in [1.82, 2.24) is 0 Å². The maximum absolute atomic E-state index is 13.6. The Morgan fingerprint density at radius 2 is 1.60 bits per heavy atom. The summed E-state index contributed by atoms with van der Waals surface area (Å²) in [5.74, 6) is -3.06. The van der Waals surface area contributed by atoms with E-state index in [-0.39, 0.29) is 5.69 Å². The third-order valence-corrected chi connectivity index (χ3v) is 3.59. The van der Waals surface area contributed by atoms with E-state index >= 15 is 0 Å². The maximum Gasteiger partial charge on any atom is 0.239 e. The smallest absolute Gasteiger partial charge is 0.239 e. The van der Waals surface area contributed by atoms with E-state index in [1.54, 1.807) is 0 Å². The van der Waals surface area contributed by atoms with Crippen LogP contribution in [0.25, 0.3) is 0 Å². The number of nitrogens with one attached hydrogen (secondary N) is 2. The zero-order valence-corrected chi connectivity index (χ0v) is 13.6. The van der Waals surface area contributed by atoms with Crippen molar-refractivity contribution >= 4 is 23.2 Å². The summed E-state index contributed by atoms with van der Waals surface area (Å²) >= 11 is 0. The van der Waals surface area contributed by atoms with Gasteiger partial charge in [-0.05, 0) is 50.2 Å². The molecule has 2 aromatic rings. The van der Waals surface area contributed by atoms with Crippen LogP contribution in [0.4, 0.5) is 20.2 Å². The number of anilines is 2. The molecule has 2 amide bonds. The number of nitriles is 1. The molecule has 0 fully saturated rings. The van der Waals surface area contributed by atoms with Crippen molar-refractivity contribution in [3.8, 4) is 6.07 Å². The molecule has 0 saturated heterocycles. The Balaban J connectivity index is 2.11. The zero-order valence-electron chi connectivity index (χ0n) is 13.6. The van der Waals surface area contributed by atoms with Crippen molar-refractivity contribution in [2.75, 3.05) is 10.6 Å². The third-order valence-electron chi connectivity index (χ3n) is 3.59. The van der Waals surface area contributed by atoms with E-state index in [4.69, 9.17) is 5.26 Å². The minimum absolute atomic E-state index is 0.217. The number of benzene rings is 2. The van der Waals surface area contributed by atoms with Crippen LogP contribution in [0.5, 0.6) is 0 Å².